The number of phenols is 1. The third kappa shape index (κ3) is 4.09. The summed E-state index contributed by atoms with van der Waals surface area (Å²) in [6, 6.07) is 14.4. The molecule has 4 nitrogen and oxygen atoms in total. The van der Waals surface area contributed by atoms with Crippen molar-refractivity contribution in [2.75, 3.05) is 0 Å². The maximum atomic E-state index is 14.1. The number of rotatable bonds is 5. The Labute approximate surface area is 152 Å². The highest BCUT2D eigenvalue weighted by Gasteiger charge is 2.22. The summed E-state index contributed by atoms with van der Waals surface area (Å²) in [5, 5.41) is 9.99. The smallest absolute Gasteiger partial charge is 0.257 e. The van der Waals surface area contributed by atoms with Gasteiger partial charge in [-0.05, 0) is 36.4 Å². The summed E-state index contributed by atoms with van der Waals surface area (Å²) in [7, 11) is 0. The van der Waals surface area contributed by atoms with E-state index in [1.54, 1.807) is 36.4 Å². The number of hydrogen-bond donors (Lipinski definition) is 1. The fourth-order valence-electron chi connectivity index (χ4n) is 2.47. The molecule has 0 fully saturated rings. The first-order valence-corrected chi connectivity index (χ1v) is 8.37. The molecular formula is C19H15BrFNO3. The monoisotopic (exact) mass is 403 g/mol. The van der Waals surface area contributed by atoms with Crippen LogP contribution in [0.5, 0.6) is 5.75 Å². The van der Waals surface area contributed by atoms with Crippen LogP contribution in [0.1, 0.15) is 21.7 Å². The molecular weight excluding hydrogens is 389 g/mol. The molecule has 0 spiro atoms. The largest absolute Gasteiger partial charge is 0.508 e. The summed E-state index contributed by atoms with van der Waals surface area (Å²) in [5.74, 6) is -0.443. The molecule has 0 saturated carbocycles. The summed E-state index contributed by atoms with van der Waals surface area (Å²) in [6.45, 7) is 0.282. The number of hydrogen-bond acceptors (Lipinski definition) is 3. The predicted molar refractivity (Wildman–Crippen MR) is 94.5 cm³/mol. The van der Waals surface area contributed by atoms with Crippen molar-refractivity contribution < 1.29 is 18.7 Å². The van der Waals surface area contributed by atoms with Gasteiger partial charge in [0, 0.05) is 10.0 Å². The van der Waals surface area contributed by atoms with Gasteiger partial charge in [0.25, 0.3) is 5.91 Å². The van der Waals surface area contributed by atoms with Gasteiger partial charge in [0.2, 0.25) is 0 Å². The third-order valence-electron chi connectivity index (χ3n) is 3.73. The fraction of sp³-hybridized carbons (Fsp3) is 0.105. The van der Waals surface area contributed by atoms with Crippen molar-refractivity contribution in [1.29, 1.82) is 0 Å². The SMILES string of the molecule is O=C(c1cc(Br)ccc1F)N(Cc1ccco1)Cc1ccccc1O. The zero-order valence-electron chi connectivity index (χ0n) is 13.2. The van der Waals surface area contributed by atoms with Gasteiger partial charge in [0.15, 0.2) is 0 Å². The zero-order valence-corrected chi connectivity index (χ0v) is 14.7. The number of carbonyl (C=O) groups excluding carboxylic acids is 1. The van der Waals surface area contributed by atoms with E-state index < -0.39 is 11.7 Å². The van der Waals surface area contributed by atoms with Crippen LogP contribution in [0.15, 0.2) is 69.8 Å². The molecule has 0 radical (unpaired) electrons. The molecule has 1 N–H and O–H groups in total. The van der Waals surface area contributed by atoms with Crippen molar-refractivity contribution in [3.8, 4) is 5.75 Å². The molecule has 0 saturated heterocycles. The van der Waals surface area contributed by atoms with Crippen molar-refractivity contribution in [3.05, 3.63) is 88.0 Å². The average Bonchev–Trinajstić information content (AvgIpc) is 3.11. The van der Waals surface area contributed by atoms with Crippen LogP contribution in [-0.2, 0) is 13.1 Å². The van der Waals surface area contributed by atoms with E-state index in [1.165, 1.54) is 29.4 Å². The predicted octanol–water partition coefficient (Wildman–Crippen LogP) is 4.73. The summed E-state index contributed by atoms with van der Waals surface area (Å²) >= 11 is 3.26. The molecule has 2 aromatic carbocycles. The van der Waals surface area contributed by atoms with E-state index in [-0.39, 0.29) is 24.4 Å². The highest BCUT2D eigenvalue weighted by atomic mass is 79.9. The lowest BCUT2D eigenvalue weighted by Gasteiger charge is -2.22. The van der Waals surface area contributed by atoms with Crippen molar-refractivity contribution >= 4 is 21.8 Å². The zero-order chi connectivity index (χ0) is 17.8. The Morgan fingerprint density at radius 3 is 2.64 bits per heavy atom. The van der Waals surface area contributed by atoms with Gasteiger partial charge in [-0.15, -0.1) is 0 Å². The Morgan fingerprint density at radius 2 is 1.92 bits per heavy atom. The standard InChI is InChI=1S/C19H15BrFNO3/c20-14-7-8-17(21)16(10-14)19(24)22(12-15-5-3-9-25-15)11-13-4-1-2-6-18(13)23/h1-10,23H,11-12H2. The number of aromatic hydroxyl groups is 1. The van der Waals surface area contributed by atoms with Crippen LogP contribution in [0.25, 0.3) is 0 Å². The molecule has 0 aliphatic carbocycles. The number of furan rings is 1. The van der Waals surface area contributed by atoms with Crippen LogP contribution in [0.3, 0.4) is 0 Å². The Kier molecular flexibility index (Phi) is 5.19. The number of para-hydroxylation sites is 1. The number of halogens is 2. The highest BCUT2D eigenvalue weighted by Crippen LogP contribution is 2.23. The second kappa shape index (κ2) is 7.53. The van der Waals surface area contributed by atoms with E-state index in [2.05, 4.69) is 15.9 Å². The summed E-state index contributed by atoms with van der Waals surface area (Å²) < 4.78 is 20.1. The maximum Gasteiger partial charge on any atom is 0.257 e. The van der Waals surface area contributed by atoms with Crippen LogP contribution in [0.2, 0.25) is 0 Å². The molecule has 128 valence electrons. The van der Waals surface area contributed by atoms with E-state index >= 15 is 0 Å². The number of phenolic OH excluding ortho intramolecular Hbond substituents is 1. The Hall–Kier alpha value is -2.60. The van der Waals surface area contributed by atoms with Crippen molar-refractivity contribution in [2.24, 2.45) is 0 Å². The second-order valence-corrected chi connectivity index (χ2v) is 6.41. The molecule has 0 aliphatic heterocycles. The molecule has 1 aromatic heterocycles. The summed E-state index contributed by atoms with van der Waals surface area (Å²) in [6.07, 6.45) is 1.51. The van der Waals surface area contributed by atoms with Gasteiger partial charge in [-0.1, -0.05) is 34.1 Å². The number of amides is 1. The third-order valence-corrected chi connectivity index (χ3v) is 4.22. The van der Waals surface area contributed by atoms with E-state index in [9.17, 15) is 14.3 Å². The molecule has 6 heteroatoms. The average molecular weight is 404 g/mol. The van der Waals surface area contributed by atoms with E-state index in [0.717, 1.165) is 0 Å². The fourth-order valence-corrected chi connectivity index (χ4v) is 2.83. The molecule has 1 amide bonds. The molecule has 3 aromatic rings. The topological polar surface area (TPSA) is 53.7 Å². The second-order valence-electron chi connectivity index (χ2n) is 5.49. The summed E-state index contributed by atoms with van der Waals surface area (Å²) in [4.78, 5) is 14.3. The first-order valence-electron chi connectivity index (χ1n) is 7.58. The molecule has 0 atom stereocenters. The molecule has 0 unspecified atom stereocenters. The van der Waals surface area contributed by atoms with Crippen LogP contribution >= 0.6 is 15.9 Å². The number of nitrogens with zero attached hydrogens (tertiary/aromatic N) is 1. The molecule has 25 heavy (non-hydrogen) atoms. The quantitative estimate of drug-likeness (QED) is 0.669. The normalized spacial score (nSPS) is 10.6. The molecule has 0 aliphatic rings. The lowest BCUT2D eigenvalue weighted by Crippen LogP contribution is -2.30. The Balaban J connectivity index is 1.94. The van der Waals surface area contributed by atoms with Crippen LogP contribution in [-0.4, -0.2) is 15.9 Å². The van der Waals surface area contributed by atoms with Gasteiger partial charge < -0.3 is 14.4 Å². The van der Waals surface area contributed by atoms with Crippen molar-refractivity contribution in [3.63, 3.8) is 0 Å². The van der Waals surface area contributed by atoms with Crippen molar-refractivity contribution in [1.82, 2.24) is 4.90 Å². The van der Waals surface area contributed by atoms with Crippen LogP contribution in [0, 0.1) is 5.82 Å². The van der Waals surface area contributed by atoms with Gasteiger partial charge in [-0.3, -0.25) is 4.79 Å². The van der Waals surface area contributed by atoms with Gasteiger partial charge in [0.1, 0.15) is 17.3 Å². The highest BCUT2D eigenvalue weighted by molar-refractivity contribution is 9.10. The van der Waals surface area contributed by atoms with E-state index in [0.29, 0.717) is 15.8 Å². The lowest BCUT2D eigenvalue weighted by molar-refractivity contribution is 0.0711. The van der Waals surface area contributed by atoms with Crippen LogP contribution < -0.4 is 0 Å². The Bertz CT molecular complexity index is 880. The van der Waals surface area contributed by atoms with Gasteiger partial charge >= 0.3 is 0 Å². The summed E-state index contributed by atoms with van der Waals surface area (Å²) in [5.41, 5.74) is 0.522. The van der Waals surface area contributed by atoms with E-state index in [4.69, 9.17) is 4.42 Å². The van der Waals surface area contributed by atoms with Gasteiger partial charge in [-0.25, -0.2) is 4.39 Å². The van der Waals surface area contributed by atoms with Gasteiger partial charge in [-0.2, -0.15) is 0 Å². The minimum atomic E-state index is -0.602. The number of carbonyl (C=O) groups is 1. The lowest BCUT2D eigenvalue weighted by atomic mass is 10.1. The molecule has 0 bridgehead atoms. The van der Waals surface area contributed by atoms with E-state index in [1.807, 2.05) is 0 Å². The maximum absolute atomic E-state index is 14.1. The van der Waals surface area contributed by atoms with Gasteiger partial charge in [0.05, 0.1) is 24.9 Å². The first-order chi connectivity index (χ1) is 12.0. The van der Waals surface area contributed by atoms with Crippen molar-refractivity contribution in [2.45, 2.75) is 13.1 Å². The first kappa shape index (κ1) is 17.2. The Morgan fingerprint density at radius 1 is 1.12 bits per heavy atom. The number of benzene rings is 2. The molecule has 3 rings (SSSR count). The minimum absolute atomic E-state index is 0.0450. The molecule has 1 heterocycles. The minimum Gasteiger partial charge on any atom is -0.508 e. The van der Waals surface area contributed by atoms with Crippen LogP contribution in [0.4, 0.5) is 4.39 Å².